The van der Waals surface area contributed by atoms with Crippen LogP contribution in [0.25, 0.3) is 0 Å². The van der Waals surface area contributed by atoms with Crippen LogP contribution in [0.1, 0.15) is 31.7 Å². The number of ether oxygens (including phenoxy) is 1. The number of hydrogen-bond acceptors (Lipinski definition) is 3. The Morgan fingerprint density at radius 1 is 1.33 bits per heavy atom. The lowest BCUT2D eigenvalue weighted by Crippen LogP contribution is -2.41. The Morgan fingerprint density at radius 2 is 2.11 bits per heavy atom. The molecule has 100 valence electrons. The summed E-state index contributed by atoms with van der Waals surface area (Å²) in [7, 11) is 0. The third kappa shape index (κ3) is 3.72. The van der Waals surface area contributed by atoms with Crippen molar-refractivity contribution in [3.63, 3.8) is 0 Å². The topological polar surface area (TPSA) is 38.5 Å². The molecule has 1 atom stereocenters. The minimum absolute atomic E-state index is 0.580. The molecule has 0 spiro atoms. The Morgan fingerprint density at radius 3 is 2.72 bits per heavy atom. The highest BCUT2D eigenvalue weighted by atomic mass is 16.5. The molecule has 2 rings (SSSR count). The molecule has 1 fully saturated rings. The van der Waals surface area contributed by atoms with Crippen LogP contribution < -0.4 is 5.73 Å². The summed E-state index contributed by atoms with van der Waals surface area (Å²) in [6.45, 7) is 6.19. The van der Waals surface area contributed by atoms with Gasteiger partial charge in [0.15, 0.2) is 0 Å². The molecule has 2 N–H and O–H groups in total. The van der Waals surface area contributed by atoms with Crippen LogP contribution in [0.4, 0.5) is 5.69 Å². The Labute approximate surface area is 110 Å². The molecule has 1 saturated heterocycles. The average Bonchev–Trinajstić information content (AvgIpc) is 2.42. The summed E-state index contributed by atoms with van der Waals surface area (Å²) in [4.78, 5) is 2.55. The summed E-state index contributed by atoms with van der Waals surface area (Å²) in [6.07, 6.45) is 3.63. The van der Waals surface area contributed by atoms with Crippen molar-refractivity contribution in [2.45, 2.75) is 38.8 Å². The largest absolute Gasteiger partial charge is 0.399 e. The summed E-state index contributed by atoms with van der Waals surface area (Å²) in [5.41, 5.74) is 7.90. The zero-order chi connectivity index (χ0) is 12.8. The predicted molar refractivity (Wildman–Crippen MR) is 75.4 cm³/mol. The van der Waals surface area contributed by atoms with Crippen molar-refractivity contribution in [1.82, 2.24) is 4.90 Å². The van der Waals surface area contributed by atoms with E-state index in [0.29, 0.717) is 6.04 Å². The molecule has 1 aliphatic rings. The Hall–Kier alpha value is -1.06. The fourth-order valence-corrected chi connectivity index (χ4v) is 2.55. The number of nitrogens with zero attached hydrogens (tertiary/aromatic N) is 1. The highest BCUT2D eigenvalue weighted by Gasteiger charge is 2.20. The van der Waals surface area contributed by atoms with Crippen LogP contribution in [0, 0.1) is 0 Å². The van der Waals surface area contributed by atoms with Crippen molar-refractivity contribution < 1.29 is 4.74 Å². The summed E-state index contributed by atoms with van der Waals surface area (Å²) in [5, 5.41) is 0. The average molecular weight is 248 g/mol. The number of anilines is 1. The number of hydrogen-bond donors (Lipinski definition) is 1. The van der Waals surface area contributed by atoms with E-state index in [1.807, 2.05) is 12.1 Å². The molecule has 1 unspecified atom stereocenters. The number of nitrogens with two attached hydrogens (primary N) is 1. The third-order valence-electron chi connectivity index (χ3n) is 3.53. The smallest absolute Gasteiger partial charge is 0.0621 e. The summed E-state index contributed by atoms with van der Waals surface area (Å²) in [5.74, 6) is 0. The number of benzene rings is 1. The highest BCUT2D eigenvalue weighted by molar-refractivity contribution is 5.39. The molecule has 0 bridgehead atoms. The first-order chi connectivity index (χ1) is 8.79. The molecule has 1 aromatic rings. The van der Waals surface area contributed by atoms with Gasteiger partial charge in [-0.05, 0) is 43.5 Å². The second-order valence-electron chi connectivity index (χ2n) is 5.08. The lowest BCUT2D eigenvalue weighted by atomic mass is 10.1. The fourth-order valence-electron chi connectivity index (χ4n) is 2.55. The van der Waals surface area contributed by atoms with Gasteiger partial charge in [-0.25, -0.2) is 0 Å². The van der Waals surface area contributed by atoms with Gasteiger partial charge in [0, 0.05) is 24.9 Å². The van der Waals surface area contributed by atoms with Gasteiger partial charge >= 0.3 is 0 Å². The second-order valence-corrected chi connectivity index (χ2v) is 5.08. The summed E-state index contributed by atoms with van der Waals surface area (Å²) in [6, 6.07) is 8.80. The standard InChI is InChI=1S/C15H24N2O/c1-2-9-17(15-4-3-10-18-12-15)11-13-5-7-14(16)8-6-13/h5-8,15H,2-4,9-12,16H2,1H3. The van der Waals surface area contributed by atoms with Crippen LogP contribution in [0.5, 0.6) is 0 Å². The maximum Gasteiger partial charge on any atom is 0.0621 e. The van der Waals surface area contributed by atoms with Gasteiger partial charge in [0.05, 0.1) is 6.61 Å². The monoisotopic (exact) mass is 248 g/mol. The molecule has 1 heterocycles. The molecule has 0 aliphatic carbocycles. The molecular formula is C15H24N2O. The lowest BCUT2D eigenvalue weighted by Gasteiger charge is -2.34. The van der Waals surface area contributed by atoms with E-state index in [2.05, 4.69) is 24.0 Å². The highest BCUT2D eigenvalue weighted by Crippen LogP contribution is 2.17. The minimum Gasteiger partial charge on any atom is -0.399 e. The van der Waals surface area contributed by atoms with E-state index in [1.54, 1.807) is 0 Å². The Kier molecular flexibility index (Phi) is 5.02. The molecule has 1 aliphatic heterocycles. The van der Waals surface area contributed by atoms with Gasteiger partial charge in [-0.15, -0.1) is 0 Å². The van der Waals surface area contributed by atoms with Gasteiger partial charge in [0.2, 0.25) is 0 Å². The fraction of sp³-hybridized carbons (Fsp3) is 0.600. The maximum absolute atomic E-state index is 5.73. The van der Waals surface area contributed by atoms with E-state index >= 15 is 0 Å². The summed E-state index contributed by atoms with van der Waals surface area (Å²) < 4.78 is 5.60. The number of nitrogen functional groups attached to an aromatic ring is 1. The van der Waals surface area contributed by atoms with Gasteiger partial charge in [-0.1, -0.05) is 19.1 Å². The molecule has 1 aromatic carbocycles. The first-order valence-electron chi connectivity index (χ1n) is 6.96. The van der Waals surface area contributed by atoms with Gasteiger partial charge in [0.25, 0.3) is 0 Å². The third-order valence-corrected chi connectivity index (χ3v) is 3.53. The van der Waals surface area contributed by atoms with Gasteiger partial charge in [0.1, 0.15) is 0 Å². The van der Waals surface area contributed by atoms with Gasteiger partial charge in [-0.2, -0.15) is 0 Å². The van der Waals surface area contributed by atoms with E-state index in [1.165, 1.54) is 24.8 Å². The molecule has 0 aromatic heterocycles. The Balaban J connectivity index is 1.98. The van der Waals surface area contributed by atoms with Crippen LogP contribution in [0.3, 0.4) is 0 Å². The van der Waals surface area contributed by atoms with E-state index in [9.17, 15) is 0 Å². The maximum atomic E-state index is 5.73. The zero-order valence-corrected chi connectivity index (χ0v) is 11.3. The van der Waals surface area contributed by atoms with Crippen LogP contribution in [-0.4, -0.2) is 30.7 Å². The molecular weight excluding hydrogens is 224 g/mol. The van der Waals surface area contributed by atoms with E-state index in [4.69, 9.17) is 10.5 Å². The second kappa shape index (κ2) is 6.76. The number of rotatable bonds is 5. The van der Waals surface area contributed by atoms with E-state index < -0.39 is 0 Å². The molecule has 0 saturated carbocycles. The van der Waals surface area contributed by atoms with E-state index in [-0.39, 0.29) is 0 Å². The van der Waals surface area contributed by atoms with Crippen molar-refractivity contribution in [2.24, 2.45) is 0 Å². The first kappa shape index (κ1) is 13.4. The normalized spacial score (nSPS) is 20.2. The van der Waals surface area contributed by atoms with Crippen LogP contribution >= 0.6 is 0 Å². The SMILES string of the molecule is CCCN(Cc1ccc(N)cc1)C1CCCOC1. The van der Waals surface area contributed by atoms with Crippen molar-refractivity contribution in [3.05, 3.63) is 29.8 Å². The van der Waals surface area contributed by atoms with Crippen molar-refractivity contribution in [3.8, 4) is 0 Å². The molecule has 0 radical (unpaired) electrons. The lowest BCUT2D eigenvalue weighted by molar-refractivity contribution is 0.0145. The molecule has 3 heteroatoms. The zero-order valence-electron chi connectivity index (χ0n) is 11.3. The molecule has 0 amide bonds. The van der Waals surface area contributed by atoms with Crippen molar-refractivity contribution >= 4 is 5.69 Å². The van der Waals surface area contributed by atoms with Gasteiger partial charge < -0.3 is 10.5 Å². The summed E-state index contributed by atoms with van der Waals surface area (Å²) >= 11 is 0. The van der Waals surface area contributed by atoms with E-state index in [0.717, 1.165) is 32.0 Å². The Bertz CT molecular complexity index is 344. The molecule has 18 heavy (non-hydrogen) atoms. The van der Waals surface area contributed by atoms with Crippen LogP contribution in [0.15, 0.2) is 24.3 Å². The minimum atomic E-state index is 0.580. The molecule has 3 nitrogen and oxygen atoms in total. The predicted octanol–water partition coefficient (Wildman–Crippen LogP) is 2.66. The van der Waals surface area contributed by atoms with Crippen LogP contribution in [-0.2, 0) is 11.3 Å². The van der Waals surface area contributed by atoms with Crippen molar-refractivity contribution in [1.29, 1.82) is 0 Å². The first-order valence-corrected chi connectivity index (χ1v) is 6.96. The van der Waals surface area contributed by atoms with Crippen molar-refractivity contribution in [2.75, 3.05) is 25.5 Å². The quantitative estimate of drug-likeness (QED) is 0.814. The van der Waals surface area contributed by atoms with Gasteiger partial charge in [-0.3, -0.25) is 4.90 Å². The van der Waals surface area contributed by atoms with Crippen LogP contribution in [0.2, 0.25) is 0 Å².